The van der Waals surface area contributed by atoms with Crippen molar-refractivity contribution in [1.29, 1.82) is 0 Å². The number of carbonyl (C=O) groups is 1. The van der Waals surface area contributed by atoms with Crippen LogP contribution < -0.4 is 10.1 Å². The fraction of sp³-hybridized carbons (Fsp3) is 0.600. The van der Waals surface area contributed by atoms with E-state index in [-0.39, 0.29) is 11.6 Å². The van der Waals surface area contributed by atoms with Gasteiger partial charge in [-0.3, -0.25) is 9.69 Å². The third kappa shape index (κ3) is 8.10. The van der Waals surface area contributed by atoms with Gasteiger partial charge in [-0.25, -0.2) is 0 Å². The molecule has 0 bridgehead atoms. The molecule has 0 aliphatic carbocycles. The summed E-state index contributed by atoms with van der Waals surface area (Å²) in [5.74, 6) is -0.328. The van der Waals surface area contributed by atoms with Gasteiger partial charge in [-0.2, -0.15) is 8.42 Å². The molecule has 0 aromatic heterocycles. The van der Waals surface area contributed by atoms with Crippen molar-refractivity contribution in [2.45, 2.75) is 58.3 Å². The number of thiocarbonyl (C=S) groups is 1. The molecular weight excluding hydrogens is 410 g/mol. The van der Waals surface area contributed by atoms with Gasteiger partial charge < -0.3 is 10.1 Å². The van der Waals surface area contributed by atoms with Crippen molar-refractivity contribution in [3.05, 3.63) is 23.8 Å². The van der Waals surface area contributed by atoms with E-state index in [4.69, 9.17) is 17.0 Å². The van der Waals surface area contributed by atoms with Gasteiger partial charge in [0.2, 0.25) is 5.91 Å². The molecule has 0 heterocycles. The van der Waals surface area contributed by atoms with Gasteiger partial charge in [0.1, 0.15) is 11.4 Å². The van der Waals surface area contributed by atoms with Crippen LogP contribution in [0, 0.1) is 0 Å². The van der Waals surface area contributed by atoms with Crippen molar-refractivity contribution in [3.8, 4) is 5.75 Å². The van der Waals surface area contributed by atoms with E-state index >= 15 is 0 Å². The van der Waals surface area contributed by atoms with E-state index in [1.165, 1.54) is 26.4 Å². The van der Waals surface area contributed by atoms with Crippen LogP contribution in [0.2, 0.25) is 0 Å². The van der Waals surface area contributed by atoms with Gasteiger partial charge in [0, 0.05) is 13.6 Å². The summed E-state index contributed by atoms with van der Waals surface area (Å²) in [6, 6.07) is 4.90. The fourth-order valence-corrected chi connectivity index (χ4v) is 3.49. The zero-order chi connectivity index (χ0) is 21.8. The van der Waals surface area contributed by atoms with Crippen LogP contribution in [0.5, 0.6) is 5.75 Å². The molecule has 0 fully saturated rings. The number of nitrogens with one attached hydrogen (secondary N) is 1. The number of benzene rings is 1. The lowest BCUT2D eigenvalue weighted by Gasteiger charge is -2.26. The minimum Gasteiger partial charge on any atom is -0.494 e. The molecule has 1 atom stereocenters. The molecule has 162 valence electrons. The number of hydrogen-bond donors (Lipinski definition) is 1. The Balaban J connectivity index is 2.95. The third-order valence-electron chi connectivity index (χ3n) is 4.71. The smallest absolute Gasteiger partial charge is 0.316 e. The van der Waals surface area contributed by atoms with E-state index in [1.54, 1.807) is 37.1 Å². The first-order valence-corrected chi connectivity index (χ1v) is 11.3. The van der Waals surface area contributed by atoms with E-state index in [0.717, 1.165) is 19.3 Å². The molecule has 0 aliphatic rings. The molecule has 0 aliphatic heterocycles. The Labute approximate surface area is 180 Å². The van der Waals surface area contributed by atoms with Crippen molar-refractivity contribution in [3.63, 3.8) is 0 Å². The first-order chi connectivity index (χ1) is 13.8. The minimum atomic E-state index is -2.62. The second-order valence-corrected chi connectivity index (χ2v) is 7.78. The summed E-state index contributed by atoms with van der Waals surface area (Å²) in [6.07, 6.45) is 6.70. The molecule has 0 radical (unpaired) electrons. The van der Waals surface area contributed by atoms with E-state index in [9.17, 15) is 13.2 Å². The Morgan fingerprint density at radius 2 is 1.90 bits per heavy atom. The minimum absolute atomic E-state index is 0.141. The molecule has 0 saturated carbocycles. The van der Waals surface area contributed by atoms with Crippen molar-refractivity contribution in [2.24, 2.45) is 4.36 Å². The number of methoxy groups -OCH3 is 1. The van der Waals surface area contributed by atoms with Gasteiger partial charge in [0.25, 0.3) is 0 Å². The maximum absolute atomic E-state index is 13.1. The Kier molecular flexibility index (Phi) is 11.5. The van der Waals surface area contributed by atoms with Gasteiger partial charge in [0.05, 0.1) is 13.0 Å². The molecule has 1 aromatic carbocycles. The van der Waals surface area contributed by atoms with Crippen LogP contribution in [0.4, 0.5) is 5.69 Å². The second kappa shape index (κ2) is 13.3. The number of unbranched alkanes of at least 4 members (excludes halogenated alkanes) is 5. The molecule has 29 heavy (non-hydrogen) atoms. The zero-order valence-corrected chi connectivity index (χ0v) is 19.2. The highest BCUT2D eigenvalue weighted by Gasteiger charge is 2.25. The molecule has 9 heteroatoms. The average Bonchev–Trinajstić information content (AvgIpc) is 2.71. The predicted molar refractivity (Wildman–Crippen MR) is 119 cm³/mol. The van der Waals surface area contributed by atoms with Crippen LogP contribution >= 0.6 is 12.2 Å². The largest absolute Gasteiger partial charge is 0.494 e. The normalized spacial score (nSPS) is 11.4. The number of nitrogens with zero attached hydrogens (tertiary/aromatic N) is 2. The van der Waals surface area contributed by atoms with Gasteiger partial charge in [-0.05, 0) is 43.3 Å². The Morgan fingerprint density at radius 3 is 2.48 bits per heavy atom. The van der Waals surface area contributed by atoms with Crippen LogP contribution in [0.1, 0.15) is 63.9 Å². The number of amides is 1. The molecule has 1 amide bonds. The number of hydrogen-bond acceptors (Lipinski definition) is 6. The van der Waals surface area contributed by atoms with Gasteiger partial charge in [-0.15, -0.1) is 4.36 Å². The Bertz CT molecular complexity index is 817. The summed E-state index contributed by atoms with van der Waals surface area (Å²) >= 11 is 5.34. The van der Waals surface area contributed by atoms with Crippen molar-refractivity contribution < 1.29 is 17.9 Å². The predicted octanol–water partition coefficient (Wildman–Crippen LogP) is 4.19. The summed E-state index contributed by atoms with van der Waals surface area (Å²) in [6.45, 7) is 4.50. The number of rotatable bonds is 11. The first kappa shape index (κ1) is 25.0. The second-order valence-electron chi connectivity index (χ2n) is 6.77. The molecule has 1 N–H and O–H groups in total. The molecule has 1 unspecified atom stereocenters. The Hall–Kier alpha value is -2.00. The lowest BCUT2D eigenvalue weighted by molar-refractivity contribution is -0.128. The average molecular weight is 442 g/mol. The van der Waals surface area contributed by atoms with Crippen LogP contribution in [0.3, 0.4) is 0 Å². The molecule has 0 saturated heterocycles. The standard InChI is InChI=1S/C20H31N3O4S2/c1-5-6-7-8-9-10-13-23(20(28)21-3)19(24)15(2)16-11-12-18(27-4)17(14-16)22-29(25)26/h11-12,14-15H,5-10,13H2,1-4H3,(H,21,28). The summed E-state index contributed by atoms with van der Waals surface area (Å²) < 4.78 is 30.6. The van der Waals surface area contributed by atoms with E-state index in [2.05, 4.69) is 16.6 Å². The van der Waals surface area contributed by atoms with Gasteiger partial charge in [0.15, 0.2) is 5.11 Å². The maximum atomic E-state index is 13.1. The van der Waals surface area contributed by atoms with E-state index in [1.807, 2.05) is 0 Å². The van der Waals surface area contributed by atoms with Crippen molar-refractivity contribution >= 4 is 39.4 Å². The summed E-state index contributed by atoms with van der Waals surface area (Å²) in [5, 5.41) is 3.27. The lowest BCUT2D eigenvalue weighted by Crippen LogP contribution is -2.44. The summed E-state index contributed by atoms with van der Waals surface area (Å²) in [4.78, 5) is 14.7. The fourth-order valence-electron chi connectivity index (χ4n) is 3.00. The van der Waals surface area contributed by atoms with Gasteiger partial charge >= 0.3 is 10.5 Å². The topological polar surface area (TPSA) is 88.1 Å². The highest BCUT2D eigenvalue weighted by molar-refractivity contribution is 7.80. The maximum Gasteiger partial charge on any atom is 0.316 e. The Morgan fingerprint density at radius 1 is 1.24 bits per heavy atom. The summed E-state index contributed by atoms with van der Waals surface area (Å²) in [7, 11) is 0.514. The zero-order valence-electron chi connectivity index (χ0n) is 17.6. The van der Waals surface area contributed by atoms with E-state index in [0.29, 0.717) is 23.0 Å². The van der Waals surface area contributed by atoms with Crippen LogP contribution in [-0.4, -0.2) is 45.0 Å². The van der Waals surface area contributed by atoms with Crippen LogP contribution in [0.15, 0.2) is 22.6 Å². The van der Waals surface area contributed by atoms with Crippen molar-refractivity contribution in [1.82, 2.24) is 10.2 Å². The molecule has 7 nitrogen and oxygen atoms in total. The number of carbonyl (C=O) groups excluding carboxylic acids is 1. The SMILES string of the molecule is CCCCCCCCN(C(=O)C(C)c1ccc(OC)c(N=S(=O)=O)c1)C(=S)NC. The van der Waals surface area contributed by atoms with Crippen molar-refractivity contribution in [2.75, 3.05) is 20.7 Å². The quantitative estimate of drug-likeness (QED) is 0.409. The van der Waals surface area contributed by atoms with E-state index < -0.39 is 16.4 Å². The highest BCUT2D eigenvalue weighted by Crippen LogP contribution is 2.31. The molecule has 0 spiro atoms. The highest BCUT2D eigenvalue weighted by atomic mass is 32.2. The lowest BCUT2D eigenvalue weighted by atomic mass is 9.98. The molecular formula is C20H31N3O4S2. The molecule has 1 aromatic rings. The van der Waals surface area contributed by atoms with Gasteiger partial charge in [-0.1, -0.05) is 45.1 Å². The third-order valence-corrected chi connectivity index (χ3v) is 5.48. The first-order valence-electron chi connectivity index (χ1n) is 9.87. The number of ether oxygens (including phenoxy) is 1. The molecule has 1 rings (SSSR count). The van der Waals surface area contributed by atoms with Crippen LogP contribution in [0.25, 0.3) is 0 Å². The van der Waals surface area contributed by atoms with Crippen LogP contribution in [-0.2, 0) is 15.3 Å². The summed E-state index contributed by atoms with van der Waals surface area (Å²) in [5.41, 5.74) is 0.809. The monoisotopic (exact) mass is 441 g/mol.